The molecule has 3 aromatic carbocycles. The molecule has 0 aliphatic rings. The number of carbonyl (C=O) groups is 2. The van der Waals surface area contributed by atoms with Crippen LogP contribution in [0.2, 0.25) is 0 Å². The van der Waals surface area contributed by atoms with Crippen molar-refractivity contribution in [3.63, 3.8) is 0 Å². The first-order chi connectivity index (χ1) is 14.6. The summed E-state index contributed by atoms with van der Waals surface area (Å²) < 4.78 is 4.72. The van der Waals surface area contributed by atoms with E-state index in [4.69, 9.17) is 4.74 Å². The molecule has 0 saturated carbocycles. The van der Waals surface area contributed by atoms with Crippen LogP contribution < -0.4 is 0 Å². The number of ether oxygens (including phenoxy) is 1. The topological polar surface area (TPSA) is 46.6 Å². The van der Waals surface area contributed by atoms with E-state index >= 15 is 0 Å². The van der Waals surface area contributed by atoms with E-state index in [-0.39, 0.29) is 18.4 Å². The summed E-state index contributed by atoms with van der Waals surface area (Å²) >= 11 is 0. The lowest BCUT2D eigenvalue weighted by Crippen LogP contribution is -2.31. The minimum absolute atomic E-state index is 0.259. The summed E-state index contributed by atoms with van der Waals surface area (Å²) in [5, 5.41) is 0. The number of hydrogen-bond donors (Lipinski definition) is 0. The lowest BCUT2D eigenvalue weighted by atomic mass is 9.98. The van der Waals surface area contributed by atoms with Crippen LogP contribution in [0.3, 0.4) is 0 Å². The Morgan fingerprint density at radius 2 is 1.30 bits per heavy atom. The summed E-state index contributed by atoms with van der Waals surface area (Å²) in [6.45, 7) is 1.95. The van der Waals surface area contributed by atoms with Crippen LogP contribution in [0.15, 0.2) is 97.2 Å². The third kappa shape index (κ3) is 5.23. The Morgan fingerprint density at radius 3 is 1.77 bits per heavy atom. The van der Waals surface area contributed by atoms with Crippen molar-refractivity contribution < 1.29 is 14.3 Å². The molecule has 4 heteroatoms. The Labute approximate surface area is 177 Å². The molecule has 4 nitrogen and oxygen atoms in total. The molecule has 30 heavy (non-hydrogen) atoms. The van der Waals surface area contributed by atoms with E-state index in [1.165, 1.54) is 7.11 Å². The molecule has 0 aliphatic carbocycles. The van der Waals surface area contributed by atoms with Crippen molar-refractivity contribution in [1.29, 1.82) is 0 Å². The molecule has 1 amide bonds. The molecule has 152 valence electrons. The van der Waals surface area contributed by atoms with E-state index in [2.05, 4.69) is 0 Å². The molecule has 0 fully saturated rings. The van der Waals surface area contributed by atoms with Gasteiger partial charge in [0.15, 0.2) is 0 Å². The number of methoxy groups -OCH3 is 1. The van der Waals surface area contributed by atoms with Crippen LogP contribution in [-0.4, -0.2) is 23.9 Å². The van der Waals surface area contributed by atoms with Gasteiger partial charge in [-0.1, -0.05) is 91.0 Å². The number of amides is 1. The van der Waals surface area contributed by atoms with E-state index in [9.17, 15) is 9.59 Å². The second-order valence-corrected chi connectivity index (χ2v) is 6.92. The van der Waals surface area contributed by atoms with Gasteiger partial charge in [-0.15, -0.1) is 0 Å². The maximum absolute atomic E-state index is 13.1. The van der Waals surface area contributed by atoms with Gasteiger partial charge in [0.05, 0.1) is 13.2 Å². The second-order valence-electron chi connectivity index (χ2n) is 6.92. The average molecular weight is 399 g/mol. The van der Waals surface area contributed by atoms with Crippen molar-refractivity contribution in [3.05, 3.63) is 114 Å². The molecule has 0 saturated heterocycles. The largest absolute Gasteiger partial charge is 0.469 e. The summed E-state index contributed by atoms with van der Waals surface area (Å²) in [4.78, 5) is 26.6. The molecule has 0 unspecified atom stereocenters. The number of carbonyl (C=O) groups excluding carboxylic acids is 2. The van der Waals surface area contributed by atoms with Crippen LogP contribution in [-0.2, 0) is 14.3 Å². The molecule has 0 aromatic heterocycles. The van der Waals surface area contributed by atoms with Gasteiger partial charge < -0.3 is 9.64 Å². The zero-order chi connectivity index (χ0) is 21.3. The molecule has 3 aromatic rings. The van der Waals surface area contributed by atoms with E-state index in [0.717, 1.165) is 22.3 Å². The molecule has 0 radical (unpaired) electrons. The van der Waals surface area contributed by atoms with Gasteiger partial charge in [-0.25, -0.2) is 0 Å². The van der Waals surface area contributed by atoms with Gasteiger partial charge in [0.1, 0.15) is 6.42 Å². The van der Waals surface area contributed by atoms with Gasteiger partial charge in [-0.3, -0.25) is 9.59 Å². The summed E-state index contributed by atoms with van der Waals surface area (Å²) in [6, 6.07) is 29.3. The van der Waals surface area contributed by atoms with Gasteiger partial charge >= 0.3 is 5.97 Å². The lowest BCUT2D eigenvalue weighted by molar-refractivity contribution is -0.146. The number of nitrogens with zero attached hydrogens (tertiary/aromatic N) is 1. The van der Waals surface area contributed by atoms with Crippen molar-refractivity contribution in [2.75, 3.05) is 7.11 Å². The van der Waals surface area contributed by atoms with E-state index < -0.39 is 5.97 Å². The predicted octanol–water partition coefficient (Wildman–Crippen LogP) is 5.23. The molecule has 0 N–H and O–H groups in total. The average Bonchev–Trinajstić information content (AvgIpc) is 2.81. The van der Waals surface area contributed by atoms with Crippen molar-refractivity contribution in [2.45, 2.75) is 19.4 Å². The lowest BCUT2D eigenvalue weighted by Gasteiger charge is -2.27. The molecule has 3 rings (SSSR count). The van der Waals surface area contributed by atoms with Crippen molar-refractivity contribution in [1.82, 2.24) is 4.90 Å². The van der Waals surface area contributed by atoms with Gasteiger partial charge in [-0.2, -0.15) is 0 Å². The summed E-state index contributed by atoms with van der Waals surface area (Å²) in [5.74, 6) is -0.873. The molecule has 0 spiro atoms. The Morgan fingerprint density at radius 1 is 0.833 bits per heavy atom. The normalized spacial score (nSPS) is 11.3. The third-order valence-electron chi connectivity index (χ3n) is 4.95. The smallest absolute Gasteiger partial charge is 0.315 e. The number of hydrogen-bond acceptors (Lipinski definition) is 3. The molecule has 0 aliphatic heterocycles. The monoisotopic (exact) mass is 399 g/mol. The Bertz CT molecular complexity index is 957. The third-order valence-corrected chi connectivity index (χ3v) is 4.95. The highest BCUT2D eigenvalue weighted by atomic mass is 16.5. The number of esters is 1. The minimum Gasteiger partial charge on any atom is -0.469 e. The van der Waals surface area contributed by atoms with Crippen LogP contribution in [0, 0.1) is 0 Å². The van der Waals surface area contributed by atoms with Gasteiger partial charge in [0.25, 0.3) is 0 Å². The predicted molar refractivity (Wildman–Crippen MR) is 118 cm³/mol. The van der Waals surface area contributed by atoms with Crippen molar-refractivity contribution >= 4 is 17.4 Å². The highest BCUT2D eigenvalue weighted by molar-refractivity contribution is 5.96. The highest BCUT2D eigenvalue weighted by Gasteiger charge is 2.23. The summed E-state index contributed by atoms with van der Waals surface area (Å²) in [6.07, 6.45) is 1.52. The first-order valence-electron chi connectivity index (χ1n) is 9.85. The first kappa shape index (κ1) is 21.1. The van der Waals surface area contributed by atoms with E-state index in [1.54, 1.807) is 4.90 Å². The fourth-order valence-electron chi connectivity index (χ4n) is 3.27. The van der Waals surface area contributed by atoms with Crippen molar-refractivity contribution in [3.8, 4) is 0 Å². The molecular weight excluding hydrogens is 374 g/mol. The number of benzene rings is 3. The zero-order valence-electron chi connectivity index (χ0n) is 17.2. The molecular formula is C26H25NO3. The highest BCUT2D eigenvalue weighted by Crippen LogP contribution is 2.28. The van der Waals surface area contributed by atoms with Crippen LogP contribution in [0.25, 0.3) is 5.57 Å². The van der Waals surface area contributed by atoms with Gasteiger partial charge in [0, 0.05) is 11.8 Å². The standard InChI is InChI=1S/C26H25NO3/c1-20(21-12-6-3-7-13-21)27(25(28)18-26(29)30-2)19-24(22-14-8-4-9-15-22)23-16-10-5-11-17-23/h3-17,19-20H,18H2,1-2H3/t20-/m1/s1. The van der Waals surface area contributed by atoms with Crippen LogP contribution >= 0.6 is 0 Å². The Hall–Kier alpha value is -3.66. The minimum atomic E-state index is -0.556. The quantitative estimate of drug-likeness (QED) is 0.404. The number of rotatable bonds is 7. The second kappa shape index (κ2) is 10.2. The first-order valence-corrected chi connectivity index (χ1v) is 9.85. The van der Waals surface area contributed by atoms with Crippen LogP contribution in [0.4, 0.5) is 0 Å². The van der Waals surface area contributed by atoms with Crippen molar-refractivity contribution in [2.24, 2.45) is 0 Å². The SMILES string of the molecule is COC(=O)CC(=O)N(C=C(c1ccccc1)c1ccccc1)[C@H](C)c1ccccc1. The fourth-order valence-corrected chi connectivity index (χ4v) is 3.27. The zero-order valence-corrected chi connectivity index (χ0v) is 17.2. The van der Waals surface area contributed by atoms with E-state index in [1.807, 2.05) is 104 Å². The Balaban J connectivity index is 2.10. The molecule has 1 atom stereocenters. The fraction of sp³-hybridized carbons (Fsp3) is 0.154. The van der Waals surface area contributed by atoms with Crippen LogP contribution in [0.5, 0.6) is 0 Å². The van der Waals surface area contributed by atoms with Crippen LogP contribution in [0.1, 0.15) is 36.1 Å². The van der Waals surface area contributed by atoms with Gasteiger partial charge in [0.2, 0.25) is 5.91 Å². The maximum atomic E-state index is 13.1. The molecule has 0 heterocycles. The summed E-state index contributed by atoms with van der Waals surface area (Å²) in [7, 11) is 1.29. The van der Waals surface area contributed by atoms with Gasteiger partial charge in [-0.05, 0) is 23.6 Å². The maximum Gasteiger partial charge on any atom is 0.315 e. The Kier molecular flexibility index (Phi) is 7.17. The molecule has 0 bridgehead atoms. The van der Waals surface area contributed by atoms with E-state index in [0.29, 0.717) is 0 Å². The summed E-state index contributed by atoms with van der Waals surface area (Å²) in [5.41, 5.74) is 3.85.